The Labute approximate surface area is 221 Å². The molecule has 0 bridgehead atoms. The minimum absolute atomic E-state index is 0.101. The lowest BCUT2D eigenvalue weighted by atomic mass is 10.0. The van der Waals surface area contributed by atoms with Gasteiger partial charge in [-0.05, 0) is 44.9 Å². The molecule has 3 aromatic rings. The predicted octanol–water partition coefficient (Wildman–Crippen LogP) is 3.27. The first-order valence-electron chi connectivity index (χ1n) is 12.9. The molecule has 10 heteroatoms. The summed E-state index contributed by atoms with van der Waals surface area (Å²) in [6.45, 7) is 8.27. The average Bonchev–Trinajstić information content (AvgIpc) is 3.66. The van der Waals surface area contributed by atoms with Crippen molar-refractivity contribution in [2.45, 2.75) is 45.2 Å². The second-order valence-electron chi connectivity index (χ2n) is 9.98. The van der Waals surface area contributed by atoms with Crippen LogP contribution in [-0.4, -0.2) is 77.6 Å². The quantitative estimate of drug-likeness (QED) is 0.509. The van der Waals surface area contributed by atoms with Crippen LogP contribution in [0.3, 0.4) is 0 Å². The molecule has 9 nitrogen and oxygen atoms in total. The van der Waals surface area contributed by atoms with Gasteiger partial charge in [0.05, 0.1) is 28.5 Å². The van der Waals surface area contributed by atoms with Crippen LogP contribution in [0.25, 0.3) is 10.4 Å². The summed E-state index contributed by atoms with van der Waals surface area (Å²) in [6.07, 6.45) is 1.58. The number of likely N-dealkylation sites (tertiary alicyclic amines) is 1. The summed E-state index contributed by atoms with van der Waals surface area (Å²) in [5.74, 6) is 1.10. The van der Waals surface area contributed by atoms with E-state index in [2.05, 4.69) is 44.4 Å². The number of anilines is 1. The Morgan fingerprint density at radius 1 is 1.16 bits per heavy atom. The Morgan fingerprint density at radius 2 is 1.92 bits per heavy atom. The minimum Gasteiger partial charge on any atom is -0.359 e. The van der Waals surface area contributed by atoms with Crippen molar-refractivity contribution in [3.05, 3.63) is 52.9 Å². The molecule has 2 aliphatic heterocycles. The summed E-state index contributed by atoms with van der Waals surface area (Å²) in [5.41, 5.74) is 5.02. The zero-order valence-corrected chi connectivity index (χ0v) is 22.5. The molecule has 2 saturated heterocycles. The van der Waals surface area contributed by atoms with Crippen molar-refractivity contribution in [3.63, 3.8) is 0 Å². The fourth-order valence-corrected chi connectivity index (χ4v) is 5.87. The van der Waals surface area contributed by atoms with Crippen molar-refractivity contribution in [3.8, 4) is 10.4 Å². The lowest BCUT2D eigenvalue weighted by Gasteiger charge is -2.31. The predicted molar refractivity (Wildman–Crippen MR) is 143 cm³/mol. The van der Waals surface area contributed by atoms with Gasteiger partial charge >= 0.3 is 0 Å². The third-order valence-electron chi connectivity index (χ3n) is 7.35. The number of hydrogen-bond acceptors (Lipinski definition) is 8. The van der Waals surface area contributed by atoms with E-state index in [0.29, 0.717) is 18.7 Å². The zero-order valence-electron chi connectivity index (χ0n) is 21.6. The molecule has 0 aliphatic carbocycles. The van der Waals surface area contributed by atoms with Gasteiger partial charge < -0.3 is 24.5 Å². The van der Waals surface area contributed by atoms with Crippen LogP contribution < -0.4 is 10.2 Å². The van der Waals surface area contributed by atoms with E-state index >= 15 is 0 Å². The molecule has 196 valence electrons. The molecule has 0 saturated carbocycles. The minimum atomic E-state index is -0.464. The molecule has 2 fully saturated rings. The lowest BCUT2D eigenvalue weighted by Crippen LogP contribution is -2.47. The van der Waals surface area contributed by atoms with Crippen LogP contribution in [0.5, 0.6) is 0 Å². The number of thiazole rings is 1. The topological polar surface area (TPSA) is 94.8 Å². The van der Waals surface area contributed by atoms with E-state index in [0.717, 1.165) is 60.1 Å². The highest BCUT2D eigenvalue weighted by Gasteiger charge is 2.35. The van der Waals surface area contributed by atoms with E-state index in [-0.39, 0.29) is 24.3 Å². The lowest BCUT2D eigenvalue weighted by molar-refractivity contribution is -0.138. The van der Waals surface area contributed by atoms with Gasteiger partial charge in [-0.1, -0.05) is 29.4 Å². The number of rotatable bonds is 7. The van der Waals surface area contributed by atoms with Gasteiger partial charge in [0.25, 0.3) is 0 Å². The Balaban J connectivity index is 1.17. The van der Waals surface area contributed by atoms with Crippen LogP contribution in [0.4, 0.5) is 5.82 Å². The van der Waals surface area contributed by atoms with Crippen molar-refractivity contribution >= 4 is 29.0 Å². The molecule has 0 unspecified atom stereocenters. The molecule has 37 heavy (non-hydrogen) atoms. The second kappa shape index (κ2) is 11.0. The van der Waals surface area contributed by atoms with Gasteiger partial charge in [-0.25, -0.2) is 4.98 Å². The number of carbonyl (C=O) groups excluding carboxylic acids is 2. The smallest absolute Gasteiger partial charge is 0.243 e. The highest BCUT2D eigenvalue weighted by molar-refractivity contribution is 7.13. The summed E-state index contributed by atoms with van der Waals surface area (Å²) in [6, 6.07) is 9.44. The highest BCUT2D eigenvalue weighted by Crippen LogP contribution is 2.28. The first-order valence-corrected chi connectivity index (χ1v) is 13.8. The molecular weight excluding hydrogens is 488 g/mol. The van der Waals surface area contributed by atoms with Gasteiger partial charge in [0, 0.05) is 38.8 Å². The third kappa shape index (κ3) is 5.70. The van der Waals surface area contributed by atoms with Crippen LogP contribution in [0.15, 0.2) is 40.4 Å². The first-order chi connectivity index (χ1) is 17.9. The van der Waals surface area contributed by atoms with Crippen LogP contribution >= 0.6 is 11.3 Å². The molecule has 2 aliphatic rings. The molecule has 1 aromatic carbocycles. The van der Waals surface area contributed by atoms with Crippen LogP contribution in [0.1, 0.15) is 42.8 Å². The molecule has 5 rings (SSSR count). The number of carbonyl (C=O) groups is 2. The Hall–Kier alpha value is -3.24. The van der Waals surface area contributed by atoms with Gasteiger partial charge in [0.15, 0.2) is 5.82 Å². The first kappa shape index (κ1) is 25.4. The van der Waals surface area contributed by atoms with Crippen LogP contribution in [0, 0.1) is 6.92 Å². The maximum atomic E-state index is 13.2. The number of piperazine rings is 1. The summed E-state index contributed by atoms with van der Waals surface area (Å²) in [5, 5.41) is 7.29. The number of benzene rings is 1. The molecule has 2 aromatic heterocycles. The van der Waals surface area contributed by atoms with E-state index in [4.69, 9.17) is 4.52 Å². The molecule has 2 atom stereocenters. The van der Waals surface area contributed by atoms with Gasteiger partial charge in [0.1, 0.15) is 11.8 Å². The van der Waals surface area contributed by atoms with E-state index in [9.17, 15) is 9.59 Å². The maximum absolute atomic E-state index is 13.2. The number of nitrogens with zero attached hydrogens (tertiary/aromatic N) is 5. The molecule has 4 heterocycles. The fourth-order valence-electron chi connectivity index (χ4n) is 5.05. The van der Waals surface area contributed by atoms with E-state index < -0.39 is 6.04 Å². The van der Waals surface area contributed by atoms with Gasteiger partial charge in [-0.2, -0.15) is 0 Å². The van der Waals surface area contributed by atoms with Crippen LogP contribution in [-0.2, 0) is 16.0 Å². The molecule has 1 N–H and O–H groups in total. The molecule has 0 spiro atoms. The fraction of sp³-hybridized carbons (Fsp3) is 0.481. The van der Waals surface area contributed by atoms with Crippen molar-refractivity contribution in [2.24, 2.45) is 0 Å². The number of amides is 2. The number of hydrogen-bond donors (Lipinski definition) is 1. The number of likely N-dealkylation sites (N-methyl/N-ethyl adjacent to an activating group) is 1. The largest absolute Gasteiger partial charge is 0.359 e. The van der Waals surface area contributed by atoms with Crippen LogP contribution in [0.2, 0.25) is 0 Å². The van der Waals surface area contributed by atoms with Gasteiger partial charge in [-0.3, -0.25) is 9.59 Å². The van der Waals surface area contributed by atoms with E-state index in [1.165, 1.54) is 0 Å². The third-order valence-corrected chi connectivity index (χ3v) is 8.33. The van der Waals surface area contributed by atoms with E-state index in [1.54, 1.807) is 16.2 Å². The zero-order chi connectivity index (χ0) is 25.9. The molecular formula is C27H34N6O3S. The standard InChI is InChI=1S/C27H34N6O3S/c1-18(20-6-8-21(9-7-20)26-19(2)28-17-37-26)29-27(35)23-5-4-10-33(23)25(34)16-22-15-24(30-36-22)32-13-11-31(3)12-14-32/h6-9,15,17-18,23H,4-5,10-14,16H2,1-3H3,(H,29,35)/t18-,23-/m0/s1. The van der Waals surface area contributed by atoms with Gasteiger partial charge in [0.2, 0.25) is 11.8 Å². The summed E-state index contributed by atoms with van der Waals surface area (Å²) in [7, 11) is 2.11. The number of aromatic nitrogens is 2. The number of aryl methyl sites for hydroxylation is 1. The summed E-state index contributed by atoms with van der Waals surface area (Å²) < 4.78 is 5.48. The molecule has 0 radical (unpaired) electrons. The Morgan fingerprint density at radius 3 is 2.62 bits per heavy atom. The highest BCUT2D eigenvalue weighted by atomic mass is 32.1. The van der Waals surface area contributed by atoms with Crippen molar-refractivity contribution < 1.29 is 14.1 Å². The average molecular weight is 523 g/mol. The Bertz CT molecular complexity index is 1230. The van der Waals surface area contributed by atoms with Crippen molar-refractivity contribution in [1.82, 2.24) is 25.3 Å². The van der Waals surface area contributed by atoms with E-state index in [1.807, 2.05) is 37.6 Å². The number of nitrogens with one attached hydrogen (secondary N) is 1. The van der Waals surface area contributed by atoms with Gasteiger partial charge in [-0.15, -0.1) is 11.3 Å². The maximum Gasteiger partial charge on any atom is 0.243 e. The second-order valence-corrected chi connectivity index (χ2v) is 10.8. The normalized spacial score (nSPS) is 19.3. The summed E-state index contributed by atoms with van der Waals surface area (Å²) >= 11 is 1.62. The van der Waals surface area contributed by atoms with Crippen molar-refractivity contribution in [2.75, 3.05) is 44.7 Å². The SMILES string of the molecule is Cc1ncsc1-c1ccc([C@H](C)NC(=O)[C@@H]2CCCN2C(=O)Cc2cc(N3CCN(C)CC3)no2)cc1. The molecule has 2 amide bonds. The van der Waals surface area contributed by atoms with Crippen molar-refractivity contribution in [1.29, 1.82) is 0 Å². The Kier molecular flexibility index (Phi) is 7.57. The monoisotopic (exact) mass is 522 g/mol. The summed E-state index contributed by atoms with van der Waals surface area (Å²) in [4.78, 5) is 37.9.